The molecule has 5 aromatic rings. The Balaban J connectivity index is 1.72. The number of amides is 1. The van der Waals surface area contributed by atoms with E-state index in [0.717, 1.165) is 28.2 Å². The maximum absolute atomic E-state index is 14.1. The van der Waals surface area contributed by atoms with Gasteiger partial charge >= 0.3 is 5.63 Å². The van der Waals surface area contributed by atoms with E-state index in [2.05, 4.69) is 4.99 Å². The first-order valence-corrected chi connectivity index (χ1v) is 9.73. The number of aryl methyl sites for hydroxylation is 1. The Morgan fingerprint density at radius 1 is 1.07 bits per heavy atom. The van der Waals surface area contributed by atoms with Gasteiger partial charge in [-0.2, -0.15) is 4.99 Å². The summed E-state index contributed by atoms with van der Waals surface area (Å²) in [6.45, 7) is 0. The van der Waals surface area contributed by atoms with Crippen LogP contribution >= 0.6 is 11.3 Å². The molecule has 0 saturated carbocycles. The number of halogens is 2. The monoisotopic (exact) mass is 422 g/mol. The molecule has 0 aliphatic rings. The van der Waals surface area contributed by atoms with Crippen molar-refractivity contribution in [2.24, 2.45) is 12.0 Å². The minimum atomic E-state index is -0.818. The number of aromatic nitrogens is 1. The number of nitrogens with zero attached hydrogens (tertiary/aromatic N) is 2. The third-order valence-electron chi connectivity index (χ3n) is 4.89. The van der Waals surface area contributed by atoms with Gasteiger partial charge in [-0.05, 0) is 29.0 Å². The van der Waals surface area contributed by atoms with Gasteiger partial charge in [0.15, 0.2) is 10.6 Å². The van der Waals surface area contributed by atoms with Crippen LogP contribution in [0.2, 0.25) is 0 Å². The summed E-state index contributed by atoms with van der Waals surface area (Å²) in [5.41, 5.74) is -0.555. The van der Waals surface area contributed by atoms with E-state index >= 15 is 0 Å². The number of fused-ring (bicyclic) bond motifs is 4. The highest BCUT2D eigenvalue weighted by atomic mass is 32.1. The zero-order valence-corrected chi connectivity index (χ0v) is 16.3. The van der Waals surface area contributed by atoms with Gasteiger partial charge in [0.25, 0.3) is 5.91 Å². The Labute approximate surface area is 171 Å². The van der Waals surface area contributed by atoms with Gasteiger partial charge in [0.2, 0.25) is 0 Å². The molecule has 2 heterocycles. The van der Waals surface area contributed by atoms with Gasteiger partial charge in [-0.25, -0.2) is 13.6 Å². The van der Waals surface area contributed by atoms with Crippen LogP contribution in [-0.2, 0) is 7.05 Å². The summed E-state index contributed by atoms with van der Waals surface area (Å²) in [6.07, 6.45) is 0. The molecule has 0 aliphatic heterocycles. The number of hydrogen-bond donors (Lipinski definition) is 0. The lowest BCUT2D eigenvalue weighted by molar-refractivity contribution is 0.0994. The smallest absolute Gasteiger partial charge is 0.349 e. The fourth-order valence-electron chi connectivity index (χ4n) is 3.47. The van der Waals surface area contributed by atoms with E-state index in [4.69, 9.17) is 4.42 Å². The van der Waals surface area contributed by atoms with E-state index in [9.17, 15) is 18.4 Å². The molecule has 5 nitrogen and oxygen atoms in total. The van der Waals surface area contributed by atoms with E-state index in [1.54, 1.807) is 6.07 Å². The molecule has 0 N–H and O–H groups in total. The van der Waals surface area contributed by atoms with Gasteiger partial charge < -0.3 is 8.98 Å². The number of thiazole rings is 1. The molecule has 0 saturated heterocycles. The molecular weight excluding hydrogens is 410 g/mol. The molecule has 0 fully saturated rings. The fraction of sp³-hybridized carbons (Fsp3) is 0.0455. The third-order valence-corrected chi connectivity index (χ3v) is 5.97. The maximum Gasteiger partial charge on any atom is 0.349 e. The number of hydrogen-bond acceptors (Lipinski definition) is 4. The predicted molar refractivity (Wildman–Crippen MR) is 111 cm³/mol. The van der Waals surface area contributed by atoms with Crippen molar-refractivity contribution in [3.63, 3.8) is 0 Å². The molecule has 5 rings (SSSR count). The van der Waals surface area contributed by atoms with Crippen LogP contribution < -0.4 is 10.4 Å². The molecule has 1 amide bonds. The fourth-order valence-corrected chi connectivity index (χ4v) is 4.53. The lowest BCUT2D eigenvalue weighted by Gasteiger charge is -2.03. The van der Waals surface area contributed by atoms with Gasteiger partial charge in [0, 0.05) is 18.5 Å². The number of carbonyl (C=O) groups excluding carboxylic acids is 1. The van der Waals surface area contributed by atoms with Crippen molar-refractivity contribution in [2.45, 2.75) is 0 Å². The van der Waals surface area contributed by atoms with Crippen LogP contribution in [-0.4, -0.2) is 10.5 Å². The first kappa shape index (κ1) is 18.4. The Morgan fingerprint density at radius 2 is 1.87 bits per heavy atom. The van der Waals surface area contributed by atoms with E-state index in [1.165, 1.54) is 23.7 Å². The van der Waals surface area contributed by atoms with E-state index in [-0.39, 0.29) is 15.9 Å². The van der Waals surface area contributed by atoms with Crippen LogP contribution in [0.1, 0.15) is 10.4 Å². The van der Waals surface area contributed by atoms with Crippen LogP contribution in [0.3, 0.4) is 0 Å². The van der Waals surface area contributed by atoms with Crippen LogP contribution in [0.5, 0.6) is 0 Å². The van der Waals surface area contributed by atoms with Gasteiger partial charge in [-0.3, -0.25) is 4.79 Å². The molecular formula is C22H12F2N2O3S. The first-order chi connectivity index (χ1) is 14.4. The highest BCUT2D eigenvalue weighted by molar-refractivity contribution is 7.16. The molecule has 2 aromatic heterocycles. The number of carbonyl (C=O) groups is 1. The van der Waals surface area contributed by atoms with Crippen molar-refractivity contribution in [3.05, 3.63) is 87.0 Å². The van der Waals surface area contributed by atoms with Crippen LogP contribution in [0.25, 0.3) is 32.0 Å². The molecule has 0 bridgehead atoms. The van der Waals surface area contributed by atoms with Crippen LogP contribution in [0.4, 0.5) is 8.78 Å². The van der Waals surface area contributed by atoms with Gasteiger partial charge in [0.1, 0.15) is 17.0 Å². The second-order valence-corrected chi connectivity index (χ2v) is 7.75. The van der Waals surface area contributed by atoms with Crippen LogP contribution in [0.15, 0.2) is 68.8 Å². The minimum absolute atomic E-state index is 0.129. The molecule has 0 unspecified atom stereocenters. The molecule has 3 aromatic carbocycles. The van der Waals surface area contributed by atoms with Crippen molar-refractivity contribution in [1.29, 1.82) is 0 Å². The zero-order chi connectivity index (χ0) is 21.0. The second-order valence-electron chi connectivity index (χ2n) is 6.74. The average Bonchev–Trinajstić information content (AvgIpc) is 3.02. The standard InChI is InChI=1S/C22H12F2N2O3S/c1-26-19-16(24)8-12(23)9-18(19)30-22(26)25-20(27)15-10-14-13-5-3-2-4-11(13)6-7-17(14)29-21(15)28/h2-10H,1H3. The maximum atomic E-state index is 14.1. The highest BCUT2D eigenvalue weighted by Crippen LogP contribution is 2.25. The Hall–Kier alpha value is -3.65. The van der Waals surface area contributed by atoms with E-state index in [0.29, 0.717) is 15.7 Å². The summed E-state index contributed by atoms with van der Waals surface area (Å²) < 4.78 is 34.6. The van der Waals surface area contributed by atoms with Crippen molar-refractivity contribution in [1.82, 2.24) is 4.57 Å². The summed E-state index contributed by atoms with van der Waals surface area (Å²) in [7, 11) is 1.52. The Kier molecular flexibility index (Phi) is 4.11. The average molecular weight is 422 g/mol. The lowest BCUT2D eigenvalue weighted by Crippen LogP contribution is -2.18. The van der Waals surface area contributed by atoms with E-state index < -0.39 is 23.2 Å². The number of rotatable bonds is 1. The van der Waals surface area contributed by atoms with Crippen molar-refractivity contribution >= 4 is 49.2 Å². The Bertz CT molecular complexity index is 1630. The number of benzene rings is 3. The second kappa shape index (κ2) is 6.70. The lowest BCUT2D eigenvalue weighted by atomic mass is 10.0. The summed E-state index contributed by atoms with van der Waals surface area (Å²) in [5, 5.41) is 2.38. The van der Waals surface area contributed by atoms with Crippen LogP contribution in [0, 0.1) is 11.6 Å². The van der Waals surface area contributed by atoms with Crippen molar-refractivity contribution in [2.75, 3.05) is 0 Å². The Morgan fingerprint density at radius 3 is 2.70 bits per heavy atom. The molecule has 0 radical (unpaired) electrons. The summed E-state index contributed by atoms with van der Waals surface area (Å²) in [4.78, 5) is 29.3. The molecule has 8 heteroatoms. The molecule has 148 valence electrons. The molecule has 0 spiro atoms. The van der Waals surface area contributed by atoms with Crippen molar-refractivity contribution < 1.29 is 18.0 Å². The quantitative estimate of drug-likeness (QED) is 0.295. The van der Waals surface area contributed by atoms with E-state index in [1.807, 2.05) is 30.3 Å². The summed E-state index contributed by atoms with van der Waals surface area (Å²) in [5.74, 6) is -2.29. The normalized spacial score (nSPS) is 12.3. The molecule has 0 aliphatic carbocycles. The molecule has 30 heavy (non-hydrogen) atoms. The highest BCUT2D eigenvalue weighted by Gasteiger charge is 2.16. The van der Waals surface area contributed by atoms with Gasteiger partial charge in [0.05, 0.1) is 10.2 Å². The SMILES string of the molecule is Cn1c(=NC(=O)c2cc3c(ccc4ccccc43)oc2=O)sc2cc(F)cc(F)c21. The zero-order valence-electron chi connectivity index (χ0n) is 15.5. The molecule has 0 atom stereocenters. The van der Waals surface area contributed by atoms with Crippen molar-refractivity contribution in [3.8, 4) is 0 Å². The topological polar surface area (TPSA) is 64.6 Å². The summed E-state index contributed by atoms with van der Waals surface area (Å²) >= 11 is 0.950. The van der Waals surface area contributed by atoms with Gasteiger partial charge in [-0.1, -0.05) is 41.7 Å². The first-order valence-electron chi connectivity index (χ1n) is 8.91. The third kappa shape index (κ3) is 2.84. The van der Waals surface area contributed by atoms with Gasteiger partial charge in [-0.15, -0.1) is 0 Å². The summed E-state index contributed by atoms with van der Waals surface area (Å²) in [6, 6.07) is 14.4. The minimum Gasteiger partial charge on any atom is -0.422 e. The largest absolute Gasteiger partial charge is 0.422 e. The predicted octanol–water partition coefficient (Wildman–Crippen LogP) is 4.52.